The molecule has 1 saturated carbocycles. The Bertz CT molecular complexity index is 1770. The van der Waals surface area contributed by atoms with Gasteiger partial charge in [-0.3, -0.25) is 0 Å². The third kappa shape index (κ3) is 9.21. The van der Waals surface area contributed by atoms with Crippen molar-refractivity contribution in [3.05, 3.63) is 95.1 Å². The summed E-state index contributed by atoms with van der Waals surface area (Å²) in [6.45, 7) is 2.04. The lowest BCUT2D eigenvalue weighted by molar-refractivity contribution is -0.139. The zero-order chi connectivity index (χ0) is 35.8. The number of unbranched alkanes of at least 4 members (excludes halogenated alkanes) is 2. The summed E-state index contributed by atoms with van der Waals surface area (Å²) in [4.78, 5) is 23.1. The highest BCUT2D eigenvalue weighted by atomic mass is 32.2. The number of ether oxygens (including phenoxy) is 2. The van der Waals surface area contributed by atoms with E-state index in [0.29, 0.717) is 23.2 Å². The molecular formula is C40H48O9S. The molecule has 0 spiro atoms. The van der Waals surface area contributed by atoms with Gasteiger partial charge in [0.25, 0.3) is 0 Å². The van der Waals surface area contributed by atoms with Gasteiger partial charge in [0.1, 0.15) is 12.4 Å². The highest BCUT2D eigenvalue weighted by molar-refractivity contribution is 7.90. The first kappa shape index (κ1) is 37.3. The van der Waals surface area contributed by atoms with Gasteiger partial charge in [0.2, 0.25) is 0 Å². The molecule has 0 amide bonds. The number of aliphatic hydroxyl groups excluding tert-OH is 2. The zero-order valence-corrected chi connectivity index (χ0v) is 29.6. The fourth-order valence-electron chi connectivity index (χ4n) is 7.67. The second-order valence-corrected chi connectivity index (χ2v) is 15.7. The number of aliphatic hydroxyl groups is 2. The van der Waals surface area contributed by atoms with Crippen LogP contribution in [0.3, 0.4) is 0 Å². The van der Waals surface area contributed by atoms with Crippen LogP contribution in [0.2, 0.25) is 0 Å². The molecule has 2 aliphatic carbocycles. The minimum Gasteiger partial charge on any atom is -0.482 e. The molecule has 1 aliphatic heterocycles. The number of cyclic esters (lactones) is 1. The summed E-state index contributed by atoms with van der Waals surface area (Å²) in [5.74, 6) is 0.415. The second-order valence-electron chi connectivity index (χ2n) is 13.7. The molecule has 3 aromatic carbocycles. The number of carboxylic acids is 1. The molecule has 0 aromatic heterocycles. The Morgan fingerprint density at radius 1 is 0.960 bits per heavy atom. The Morgan fingerprint density at radius 2 is 1.70 bits per heavy atom. The van der Waals surface area contributed by atoms with Crippen molar-refractivity contribution in [2.24, 2.45) is 17.8 Å². The van der Waals surface area contributed by atoms with Gasteiger partial charge in [0.15, 0.2) is 16.4 Å². The second kappa shape index (κ2) is 16.8. The highest BCUT2D eigenvalue weighted by Gasteiger charge is 2.45. The van der Waals surface area contributed by atoms with Gasteiger partial charge in [-0.25, -0.2) is 18.0 Å². The predicted octanol–water partition coefficient (Wildman–Crippen LogP) is 6.14. The number of carbonyl (C=O) groups is 2. The summed E-state index contributed by atoms with van der Waals surface area (Å²) in [5.41, 5.74) is 5.22. The van der Waals surface area contributed by atoms with Crippen molar-refractivity contribution in [3.8, 4) is 5.75 Å². The normalized spacial score (nSPS) is 21.8. The van der Waals surface area contributed by atoms with Crippen molar-refractivity contribution >= 4 is 32.9 Å². The van der Waals surface area contributed by atoms with E-state index in [1.807, 2.05) is 42.5 Å². The molecule has 3 aliphatic rings. The summed E-state index contributed by atoms with van der Waals surface area (Å²) in [7, 11) is -3.23. The van der Waals surface area contributed by atoms with E-state index >= 15 is 0 Å². The Balaban J connectivity index is 0.000000200. The van der Waals surface area contributed by atoms with Crippen LogP contribution in [0.15, 0.2) is 77.7 Å². The van der Waals surface area contributed by atoms with Gasteiger partial charge in [-0.05, 0) is 96.7 Å². The van der Waals surface area contributed by atoms with Crippen LogP contribution in [0, 0.1) is 17.8 Å². The molecule has 3 aromatic rings. The number of rotatable bonds is 13. The van der Waals surface area contributed by atoms with Crippen molar-refractivity contribution in [2.45, 2.75) is 81.8 Å². The molecule has 0 saturated heterocycles. The summed E-state index contributed by atoms with van der Waals surface area (Å²) in [5, 5.41) is 29.8. The van der Waals surface area contributed by atoms with Crippen molar-refractivity contribution < 1.29 is 42.8 Å². The molecule has 1 fully saturated rings. The van der Waals surface area contributed by atoms with Crippen LogP contribution in [0.4, 0.5) is 0 Å². The quantitative estimate of drug-likeness (QED) is 0.141. The molecule has 3 N–H and O–H groups in total. The third-order valence-electron chi connectivity index (χ3n) is 10.2. The lowest BCUT2D eigenvalue weighted by atomic mass is 9.73. The average molecular weight is 705 g/mol. The minimum atomic E-state index is -3.23. The molecule has 6 rings (SSSR count). The standard InChI is InChI=1S/C23H34O5.C17H14O4S/c1-2-3-4-7-17(24)9-10-18-19-11-15-6-5-8-22(28-14-23(26)27)20(15)12-16(19)13-21(18)25;1-22(19,20)14-9-7-12(8-10-14)15-11-21-17(18)16(15)13-5-3-2-4-6-13/h5-6,8,16-19,21,24-25H,2-4,7,9-14H2,1H3,(H,26,27);2-10H,11H2,1H3/t16-,17-,18+,19-,21+;/m0./s1. The van der Waals surface area contributed by atoms with Gasteiger partial charge < -0.3 is 24.8 Å². The summed E-state index contributed by atoms with van der Waals surface area (Å²) in [6.07, 6.45) is 9.02. The number of fused-ring (bicyclic) bond motifs is 2. The summed E-state index contributed by atoms with van der Waals surface area (Å²) >= 11 is 0. The Hall–Kier alpha value is -3.99. The SMILES string of the molecule is CCCCC[C@H](O)CC[C@@H]1[C@H]2Cc3cccc(OCC(=O)O)c3C[C@H]2C[C@H]1O.CS(=O)(=O)c1ccc(C2=C(c3ccccc3)C(=O)OC2)cc1. The number of hydrogen-bond donors (Lipinski definition) is 3. The van der Waals surface area contributed by atoms with Crippen molar-refractivity contribution in [1.29, 1.82) is 0 Å². The fraction of sp³-hybridized carbons (Fsp3) is 0.450. The van der Waals surface area contributed by atoms with Crippen molar-refractivity contribution in [1.82, 2.24) is 0 Å². The van der Waals surface area contributed by atoms with E-state index in [4.69, 9.17) is 14.6 Å². The van der Waals surface area contributed by atoms with Crippen LogP contribution in [-0.2, 0) is 37.0 Å². The molecule has 268 valence electrons. The van der Waals surface area contributed by atoms with Crippen LogP contribution < -0.4 is 4.74 Å². The van der Waals surface area contributed by atoms with Crippen LogP contribution >= 0.6 is 0 Å². The lowest BCUT2D eigenvalue weighted by Crippen LogP contribution is -2.28. The number of sulfone groups is 1. The third-order valence-corrected chi connectivity index (χ3v) is 11.3. The van der Waals surface area contributed by atoms with Gasteiger partial charge in [0.05, 0.1) is 22.7 Å². The van der Waals surface area contributed by atoms with Crippen LogP contribution in [0.25, 0.3) is 11.1 Å². The van der Waals surface area contributed by atoms with Crippen molar-refractivity contribution in [3.63, 3.8) is 0 Å². The first-order chi connectivity index (χ1) is 24.0. The molecule has 50 heavy (non-hydrogen) atoms. The smallest absolute Gasteiger partial charge is 0.341 e. The van der Waals surface area contributed by atoms with E-state index in [2.05, 4.69) is 13.0 Å². The Morgan fingerprint density at radius 3 is 2.38 bits per heavy atom. The molecule has 5 atom stereocenters. The van der Waals surface area contributed by atoms with Gasteiger partial charge in [-0.2, -0.15) is 0 Å². The number of carbonyl (C=O) groups excluding carboxylic acids is 1. The highest BCUT2D eigenvalue weighted by Crippen LogP contribution is 2.48. The molecule has 0 radical (unpaired) electrons. The average Bonchev–Trinajstić information content (AvgIpc) is 3.63. The monoisotopic (exact) mass is 704 g/mol. The Labute approximate surface area is 294 Å². The van der Waals surface area contributed by atoms with Crippen LogP contribution in [0.1, 0.15) is 74.1 Å². The number of benzene rings is 3. The zero-order valence-electron chi connectivity index (χ0n) is 28.8. The first-order valence-corrected chi connectivity index (χ1v) is 19.4. The van der Waals surface area contributed by atoms with Gasteiger partial charge >= 0.3 is 11.9 Å². The number of aliphatic carboxylic acids is 1. The van der Waals surface area contributed by atoms with Crippen molar-refractivity contribution in [2.75, 3.05) is 19.5 Å². The largest absolute Gasteiger partial charge is 0.482 e. The molecule has 0 unspecified atom stereocenters. The van der Waals surface area contributed by atoms with E-state index in [1.54, 1.807) is 24.3 Å². The van der Waals surface area contributed by atoms with E-state index in [-0.39, 0.29) is 42.2 Å². The molecule has 0 bridgehead atoms. The van der Waals surface area contributed by atoms with Crippen LogP contribution in [0.5, 0.6) is 5.75 Å². The van der Waals surface area contributed by atoms with Gasteiger partial charge in [-0.15, -0.1) is 0 Å². The number of carboxylic acid groups (broad SMARTS) is 1. The molecule has 9 nitrogen and oxygen atoms in total. The van der Waals surface area contributed by atoms with E-state index in [1.165, 1.54) is 11.8 Å². The Kier molecular flexibility index (Phi) is 12.5. The topological polar surface area (TPSA) is 147 Å². The molecule has 1 heterocycles. The molecule has 10 heteroatoms. The first-order valence-electron chi connectivity index (χ1n) is 17.5. The lowest BCUT2D eigenvalue weighted by Gasteiger charge is -2.32. The van der Waals surface area contributed by atoms with E-state index < -0.39 is 15.8 Å². The maximum atomic E-state index is 12.0. The maximum Gasteiger partial charge on any atom is 0.341 e. The number of hydrogen-bond acceptors (Lipinski definition) is 8. The van der Waals surface area contributed by atoms with Gasteiger partial charge in [0, 0.05) is 11.8 Å². The van der Waals surface area contributed by atoms with Crippen LogP contribution in [-0.4, -0.2) is 67.4 Å². The maximum absolute atomic E-state index is 12.0. The molecular weight excluding hydrogens is 656 g/mol. The summed E-state index contributed by atoms with van der Waals surface area (Å²) in [6, 6.07) is 21.7. The van der Waals surface area contributed by atoms with E-state index in [0.717, 1.165) is 80.1 Å². The van der Waals surface area contributed by atoms with Gasteiger partial charge in [-0.1, -0.05) is 80.8 Å². The summed E-state index contributed by atoms with van der Waals surface area (Å²) < 4.78 is 33.7. The fourth-order valence-corrected chi connectivity index (χ4v) is 8.30. The predicted molar refractivity (Wildman–Crippen MR) is 191 cm³/mol. The van der Waals surface area contributed by atoms with E-state index in [9.17, 15) is 28.2 Å². The minimum absolute atomic E-state index is 0.196. The number of esters is 1.